The summed E-state index contributed by atoms with van der Waals surface area (Å²) in [6.45, 7) is 2.32. The van der Waals surface area contributed by atoms with Gasteiger partial charge in [0.1, 0.15) is 5.78 Å². The van der Waals surface area contributed by atoms with E-state index in [1.54, 1.807) is 0 Å². The molecule has 0 aromatic heterocycles. The topological polar surface area (TPSA) is 34.1 Å². The first-order valence-corrected chi connectivity index (χ1v) is 3.30. The summed E-state index contributed by atoms with van der Waals surface area (Å²) in [4.78, 5) is 20.8. The first-order valence-electron chi connectivity index (χ1n) is 3.30. The average molecular weight is 164 g/mol. The largest absolute Gasteiger partial charge is 0.305 e. The maximum absolute atomic E-state index is 12.4. The molecule has 0 bridgehead atoms. The average Bonchev–Trinajstić information content (AvgIpc) is 1.86. The van der Waals surface area contributed by atoms with Crippen LogP contribution in [0.2, 0.25) is 0 Å². The summed E-state index contributed by atoms with van der Waals surface area (Å²) < 4.78 is 24.8. The predicted octanol–water partition coefficient (Wildman–Crippen LogP) is 1.58. The molecule has 0 amide bonds. The molecule has 0 spiro atoms. The van der Waals surface area contributed by atoms with Gasteiger partial charge in [0.05, 0.1) is 6.42 Å². The fourth-order valence-corrected chi connectivity index (χ4v) is 0.553. The normalized spacial score (nSPS) is 11.3. The maximum atomic E-state index is 12.4. The highest BCUT2D eigenvalue weighted by Gasteiger charge is 2.36. The molecule has 2 nitrogen and oxygen atoms in total. The molecule has 0 saturated heterocycles. The number of ketones is 2. The number of carbonyl (C=O) groups excluding carboxylic acids is 2. The zero-order chi connectivity index (χ0) is 9.07. The zero-order valence-electron chi connectivity index (χ0n) is 6.49. The third-order valence-electron chi connectivity index (χ3n) is 1.26. The van der Waals surface area contributed by atoms with Crippen LogP contribution in [0.5, 0.6) is 0 Å². The monoisotopic (exact) mass is 164 g/mol. The lowest BCUT2D eigenvalue weighted by molar-refractivity contribution is -0.145. The highest BCUT2D eigenvalue weighted by molar-refractivity contribution is 6.01. The molecule has 0 rings (SSSR count). The van der Waals surface area contributed by atoms with Crippen LogP contribution < -0.4 is 0 Å². The van der Waals surface area contributed by atoms with E-state index >= 15 is 0 Å². The van der Waals surface area contributed by atoms with E-state index in [1.807, 2.05) is 0 Å². The maximum Gasteiger partial charge on any atom is 0.305 e. The molecule has 11 heavy (non-hydrogen) atoms. The summed E-state index contributed by atoms with van der Waals surface area (Å²) in [6, 6.07) is 0. The smallest absolute Gasteiger partial charge is 0.300 e. The lowest BCUT2D eigenvalue weighted by Crippen LogP contribution is -2.28. The molecule has 64 valence electrons. The van der Waals surface area contributed by atoms with Crippen molar-refractivity contribution in [1.29, 1.82) is 0 Å². The summed E-state index contributed by atoms with van der Waals surface area (Å²) in [5.41, 5.74) is 0. The van der Waals surface area contributed by atoms with Crippen LogP contribution in [0.15, 0.2) is 0 Å². The van der Waals surface area contributed by atoms with Gasteiger partial charge in [-0.25, -0.2) is 0 Å². The Hall–Kier alpha value is -0.800. The predicted molar refractivity (Wildman–Crippen MR) is 35.5 cm³/mol. The minimum atomic E-state index is -3.33. The van der Waals surface area contributed by atoms with Crippen LogP contribution in [0.3, 0.4) is 0 Å². The number of hydrogen-bond donors (Lipinski definition) is 0. The van der Waals surface area contributed by atoms with Crippen molar-refractivity contribution in [2.45, 2.75) is 32.6 Å². The van der Waals surface area contributed by atoms with Crippen molar-refractivity contribution >= 4 is 11.6 Å². The fourth-order valence-electron chi connectivity index (χ4n) is 0.553. The molecule has 0 unspecified atom stereocenters. The molecular weight excluding hydrogens is 154 g/mol. The number of carbonyl (C=O) groups is 2. The number of halogens is 2. The quantitative estimate of drug-likeness (QED) is 0.591. The van der Waals surface area contributed by atoms with Crippen molar-refractivity contribution in [2.75, 3.05) is 0 Å². The minimum Gasteiger partial charge on any atom is -0.300 e. The number of rotatable bonds is 4. The van der Waals surface area contributed by atoms with Crippen molar-refractivity contribution in [3.8, 4) is 0 Å². The lowest BCUT2D eigenvalue weighted by atomic mass is 10.1. The van der Waals surface area contributed by atoms with Crippen molar-refractivity contribution < 1.29 is 18.4 Å². The zero-order valence-corrected chi connectivity index (χ0v) is 6.49. The van der Waals surface area contributed by atoms with Gasteiger partial charge in [-0.1, -0.05) is 6.92 Å². The Bertz CT molecular complexity index is 175. The molecule has 0 radical (unpaired) electrons. The molecule has 0 N–H and O–H groups in total. The van der Waals surface area contributed by atoms with E-state index in [0.717, 1.165) is 6.92 Å². The minimum absolute atomic E-state index is 0.525. The van der Waals surface area contributed by atoms with Crippen molar-refractivity contribution in [3.05, 3.63) is 0 Å². The standard InChI is InChI=1S/C7H10F2O2/c1-3-7(8,9)6(11)4-5(2)10/h3-4H2,1-2H3. The van der Waals surface area contributed by atoms with Crippen LogP contribution in [0, 0.1) is 0 Å². The first-order chi connectivity index (χ1) is 4.90. The van der Waals surface area contributed by atoms with Gasteiger partial charge in [0.15, 0.2) is 0 Å². The lowest BCUT2D eigenvalue weighted by Gasteiger charge is -2.10. The Labute approximate surface area is 63.6 Å². The Morgan fingerprint density at radius 1 is 1.36 bits per heavy atom. The highest BCUT2D eigenvalue weighted by atomic mass is 19.3. The number of Topliss-reactive ketones (excluding diaryl/α,β-unsaturated/α-hetero) is 2. The van der Waals surface area contributed by atoms with Gasteiger partial charge in [-0.15, -0.1) is 0 Å². The van der Waals surface area contributed by atoms with Crippen LogP contribution in [0.1, 0.15) is 26.7 Å². The molecule has 0 aromatic rings. The van der Waals surface area contributed by atoms with Crippen LogP contribution in [-0.4, -0.2) is 17.5 Å². The summed E-state index contributed by atoms with van der Waals surface area (Å²) in [7, 11) is 0. The summed E-state index contributed by atoms with van der Waals surface area (Å²) in [6.07, 6.45) is -1.21. The van der Waals surface area contributed by atoms with Crippen molar-refractivity contribution in [1.82, 2.24) is 0 Å². The van der Waals surface area contributed by atoms with Gasteiger partial charge in [-0.3, -0.25) is 9.59 Å². The molecule has 0 atom stereocenters. The van der Waals surface area contributed by atoms with Gasteiger partial charge in [-0.2, -0.15) is 8.78 Å². The molecule has 0 aliphatic heterocycles. The van der Waals surface area contributed by atoms with Gasteiger partial charge in [0.25, 0.3) is 0 Å². The van der Waals surface area contributed by atoms with E-state index in [4.69, 9.17) is 0 Å². The van der Waals surface area contributed by atoms with Gasteiger partial charge < -0.3 is 0 Å². The Kier molecular flexibility index (Phi) is 3.29. The SMILES string of the molecule is CCC(F)(F)C(=O)CC(C)=O. The highest BCUT2D eigenvalue weighted by Crippen LogP contribution is 2.20. The molecule has 4 heteroatoms. The van der Waals surface area contributed by atoms with E-state index in [-0.39, 0.29) is 0 Å². The molecule has 0 aliphatic carbocycles. The van der Waals surface area contributed by atoms with Crippen molar-refractivity contribution in [2.24, 2.45) is 0 Å². The molecule has 0 saturated carbocycles. The second-order valence-corrected chi connectivity index (χ2v) is 2.36. The second-order valence-electron chi connectivity index (χ2n) is 2.36. The Morgan fingerprint density at radius 3 is 2.09 bits per heavy atom. The van der Waals surface area contributed by atoms with Crippen LogP contribution in [0.4, 0.5) is 8.78 Å². The van der Waals surface area contributed by atoms with Gasteiger partial charge in [0.2, 0.25) is 5.78 Å². The van der Waals surface area contributed by atoms with Crippen LogP contribution >= 0.6 is 0 Å². The van der Waals surface area contributed by atoms with Gasteiger partial charge in [0, 0.05) is 6.42 Å². The van der Waals surface area contributed by atoms with E-state index in [9.17, 15) is 18.4 Å². The van der Waals surface area contributed by atoms with E-state index < -0.39 is 30.3 Å². The third kappa shape index (κ3) is 3.20. The number of alkyl halides is 2. The van der Waals surface area contributed by atoms with Crippen LogP contribution in [0.25, 0.3) is 0 Å². The van der Waals surface area contributed by atoms with Gasteiger partial charge >= 0.3 is 5.92 Å². The van der Waals surface area contributed by atoms with Crippen molar-refractivity contribution in [3.63, 3.8) is 0 Å². The molecule has 0 heterocycles. The fraction of sp³-hybridized carbons (Fsp3) is 0.714. The summed E-state index contributed by atoms with van der Waals surface area (Å²) in [5, 5.41) is 0. The molecule has 0 fully saturated rings. The molecule has 0 aliphatic rings. The Balaban J connectivity index is 4.13. The van der Waals surface area contributed by atoms with E-state index in [0.29, 0.717) is 0 Å². The van der Waals surface area contributed by atoms with E-state index in [2.05, 4.69) is 0 Å². The number of hydrogen-bond acceptors (Lipinski definition) is 2. The van der Waals surface area contributed by atoms with Crippen LogP contribution in [-0.2, 0) is 9.59 Å². The molecular formula is C7H10F2O2. The summed E-state index contributed by atoms with van der Waals surface area (Å²) in [5.74, 6) is -5.14. The Morgan fingerprint density at radius 2 is 1.82 bits per heavy atom. The first kappa shape index (κ1) is 10.2. The van der Waals surface area contributed by atoms with Gasteiger partial charge in [-0.05, 0) is 6.92 Å². The third-order valence-corrected chi connectivity index (χ3v) is 1.26. The summed E-state index contributed by atoms with van der Waals surface area (Å²) >= 11 is 0. The second kappa shape index (κ2) is 3.55. The van der Waals surface area contributed by atoms with E-state index in [1.165, 1.54) is 6.92 Å². The molecule has 0 aromatic carbocycles.